The van der Waals surface area contributed by atoms with Crippen molar-refractivity contribution in [2.75, 3.05) is 26.2 Å². The van der Waals surface area contributed by atoms with Gasteiger partial charge in [-0.15, -0.1) is 12.4 Å². The molecule has 0 aromatic heterocycles. The van der Waals surface area contributed by atoms with Gasteiger partial charge in [0.1, 0.15) is 0 Å². The molecule has 2 aliphatic heterocycles. The maximum Gasteiger partial charge on any atom is 0.230 e. The second-order valence-corrected chi connectivity index (χ2v) is 7.96. The zero-order valence-corrected chi connectivity index (χ0v) is 16.4. The highest BCUT2D eigenvalue weighted by Gasteiger charge is 2.39. The lowest BCUT2D eigenvalue weighted by atomic mass is 9.95. The van der Waals surface area contributed by atoms with Crippen LogP contribution in [0.2, 0.25) is 0 Å². The van der Waals surface area contributed by atoms with E-state index in [0.717, 1.165) is 42.6 Å². The number of fused-ring (bicyclic) bond motifs is 1. The molecule has 2 atom stereocenters. The van der Waals surface area contributed by atoms with E-state index < -0.39 is 0 Å². The van der Waals surface area contributed by atoms with Gasteiger partial charge in [-0.05, 0) is 63.7 Å². The van der Waals surface area contributed by atoms with Crippen LogP contribution in [0.3, 0.4) is 0 Å². The van der Waals surface area contributed by atoms with E-state index in [0.29, 0.717) is 12.5 Å². The average molecular weight is 377 g/mol. The first-order chi connectivity index (χ1) is 12.1. The molecular formula is C21H29ClN2O2. The second-order valence-electron chi connectivity index (χ2n) is 7.96. The Labute approximate surface area is 162 Å². The van der Waals surface area contributed by atoms with E-state index in [9.17, 15) is 9.59 Å². The summed E-state index contributed by atoms with van der Waals surface area (Å²) in [5.74, 6) is 0.0484. The summed E-state index contributed by atoms with van der Waals surface area (Å²) < 4.78 is 0. The van der Waals surface area contributed by atoms with E-state index in [2.05, 4.69) is 9.80 Å². The van der Waals surface area contributed by atoms with Crippen LogP contribution in [-0.2, 0) is 4.79 Å². The van der Waals surface area contributed by atoms with E-state index in [1.165, 1.54) is 32.4 Å². The predicted molar refractivity (Wildman–Crippen MR) is 105 cm³/mol. The van der Waals surface area contributed by atoms with Crippen LogP contribution in [0.1, 0.15) is 65.9 Å². The summed E-state index contributed by atoms with van der Waals surface area (Å²) in [5, 5.41) is 0. The highest BCUT2D eigenvalue weighted by Crippen LogP contribution is 2.36. The number of halogens is 1. The van der Waals surface area contributed by atoms with Crippen LogP contribution >= 0.6 is 12.4 Å². The first-order valence-electron chi connectivity index (χ1n) is 9.80. The molecule has 1 aliphatic carbocycles. The van der Waals surface area contributed by atoms with Crippen molar-refractivity contribution >= 4 is 24.1 Å². The molecule has 4 nitrogen and oxygen atoms in total. The number of amides is 1. The van der Waals surface area contributed by atoms with E-state index in [4.69, 9.17) is 0 Å². The van der Waals surface area contributed by atoms with Gasteiger partial charge in [-0.25, -0.2) is 0 Å². The van der Waals surface area contributed by atoms with Crippen molar-refractivity contribution in [2.24, 2.45) is 0 Å². The number of Topliss-reactive ketones (excluding diaryl/α,β-unsaturated/α-hetero) is 1. The number of piperidine rings is 1. The van der Waals surface area contributed by atoms with Crippen LogP contribution in [0.25, 0.3) is 0 Å². The van der Waals surface area contributed by atoms with Gasteiger partial charge < -0.3 is 9.80 Å². The van der Waals surface area contributed by atoms with E-state index in [-0.39, 0.29) is 30.0 Å². The molecule has 5 heteroatoms. The Morgan fingerprint density at radius 3 is 2.62 bits per heavy atom. The quantitative estimate of drug-likeness (QED) is 0.809. The summed E-state index contributed by atoms with van der Waals surface area (Å²) >= 11 is 0. The molecule has 4 rings (SSSR count). The number of likely N-dealkylation sites (tertiary alicyclic amines) is 2. The standard InChI is InChI=1S/C21H28N2O2.ClH/c1-15-7-8-17-18(12-15)20(24)13-19(17)21(25)23-11-3-2-6-16(23)14-22-9-4-5-10-22;/h7-8,12,16,19H,2-6,9-11,13-14H2,1H3;1H. The monoisotopic (exact) mass is 376 g/mol. The Morgan fingerprint density at radius 2 is 1.85 bits per heavy atom. The smallest absolute Gasteiger partial charge is 0.230 e. The van der Waals surface area contributed by atoms with Crippen molar-refractivity contribution < 1.29 is 9.59 Å². The summed E-state index contributed by atoms with van der Waals surface area (Å²) in [7, 11) is 0. The number of aryl methyl sites for hydroxylation is 1. The summed E-state index contributed by atoms with van der Waals surface area (Å²) in [6.07, 6.45) is 6.31. The minimum absolute atomic E-state index is 0. The molecule has 0 bridgehead atoms. The fourth-order valence-electron chi connectivity index (χ4n) is 4.79. The first-order valence-corrected chi connectivity index (χ1v) is 9.80. The van der Waals surface area contributed by atoms with Gasteiger partial charge in [0.25, 0.3) is 0 Å². The van der Waals surface area contributed by atoms with Crippen LogP contribution in [0.4, 0.5) is 0 Å². The summed E-state index contributed by atoms with van der Waals surface area (Å²) in [5.41, 5.74) is 2.81. The van der Waals surface area contributed by atoms with E-state index in [1.54, 1.807) is 0 Å². The average Bonchev–Trinajstić information content (AvgIpc) is 3.23. The molecule has 26 heavy (non-hydrogen) atoms. The van der Waals surface area contributed by atoms with Crippen LogP contribution in [0.15, 0.2) is 18.2 Å². The number of hydrogen-bond acceptors (Lipinski definition) is 3. The van der Waals surface area contributed by atoms with Gasteiger partial charge in [-0.2, -0.15) is 0 Å². The molecule has 1 aromatic rings. The number of benzene rings is 1. The number of rotatable bonds is 3. The number of nitrogens with zero attached hydrogens (tertiary/aromatic N) is 2. The van der Waals surface area contributed by atoms with Gasteiger partial charge >= 0.3 is 0 Å². The molecule has 0 radical (unpaired) electrons. The Morgan fingerprint density at radius 1 is 1.12 bits per heavy atom. The third-order valence-electron chi connectivity index (χ3n) is 6.15. The molecule has 0 spiro atoms. The van der Waals surface area contributed by atoms with Gasteiger partial charge in [0.05, 0.1) is 5.92 Å². The van der Waals surface area contributed by atoms with Crippen LogP contribution in [0, 0.1) is 6.92 Å². The molecular weight excluding hydrogens is 348 g/mol. The van der Waals surface area contributed by atoms with Crippen molar-refractivity contribution in [1.82, 2.24) is 9.80 Å². The molecule has 2 fully saturated rings. The van der Waals surface area contributed by atoms with E-state index >= 15 is 0 Å². The first kappa shape index (κ1) is 19.4. The normalized spacial score (nSPS) is 25.9. The third kappa shape index (κ3) is 3.67. The largest absolute Gasteiger partial charge is 0.338 e. The van der Waals surface area contributed by atoms with Gasteiger partial charge in [-0.1, -0.05) is 17.7 Å². The maximum absolute atomic E-state index is 13.3. The Kier molecular flexibility index (Phi) is 6.03. The van der Waals surface area contributed by atoms with Crippen LogP contribution in [-0.4, -0.2) is 53.7 Å². The number of carbonyl (C=O) groups is 2. The van der Waals surface area contributed by atoms with Crippen molar-refractivity contribution in [2.45, 2.75) is 57.4 Å². The summed E-state index contributed by atoms with van der Waals surface area (Å²) in [4.78, 5) is 30.3. The van der Waals surface area contributed by atoms with Crippen molar-refractivity contribution in [3.8, 4) is 0 Å². The number of ketones is 1. The van der Waals surface area contributed by atoms with Crippen molar-refractivity contribution in [1.29, 1.82) is 0 Å². The molecule has 0 N–H and O–H groups in total. The highest BCUT2D eigenvalue weighted by molar-refractivity contribution is 6.06. The lowest BCUT2D eigenvalue weighted by Gasteiger charge is -2.39. The lowest BCUT2D eigenvalue weighted by molar-refractivity contribution is -0.136. The van der Waals surface area contributed by atoms with Gasteiger partial charge in [0.15, 0.2) is 5.78 Å². The van der Waals surface area contributed by atoms with Crippen molar-refractivity contribution in [3.63, 3.8) is 0 Å². The number of hydrogen-bond donors (Lipinski definition) is 0. The topological polar surface area (TPSA) is 40.6 Å². The van der Waals surface area contributed by atoms with Crippen LogP contribution in [0.5, 0.6) is 0 Å². The minimum atomic E-state index is -0.262. The Balaban J connectivity index is 0.00000196. The molecule has 142 valence electrons. The molecule has 1 amide bonds. The fourth-order valence-corrected chi connectivity index (χ4v) is 4.79. The predicted octanol–water partition coefficient (Wildman–Crippen LogP) is 3.56. The van der Waals surface area contributed by atoms with Crippen molar-refractivity contribution in [3.05, 3.63) is 34.9 Å². The molecule has 2 unspecified atom stereocenters. The molecule has 1 aromatic carbocycles. The lowest BCUT2D eigenvalue weighted by Crippen LogP contribution is -2.50. The van der Waals surface area contributed by atoms with Gasteiger partial charge in [0, 0.05) is 31.1 Å². The zero-order chi connectivity index (χ0) is 17.4. The second kappa shape index (κ2) is 8.10. The molecule has 3 aliphatic rings. The van der Waals surface area contributed by atoms with Gasteiger partial charge in [-0.3, -0.25) is 9.59 Å². The highest BCUT2D eigenvalue weighted by atomic mass is 35.5. The zero-order valence-electron chi connectivity index (χ0n) is 15.6. The molecule has 2 heterocycles. The summed E-state index contributed by atoms with van der Waals surface area (Å²) in [6, 6.07) is 6.29. The SMILES string of the molecule is Cc1ccc2c(c1)C(=O)CC2C(=O)N1CCCCC1CN1CCCC1.Cl. The number of carbonyl (C=O) groups excluding carboxylic acids is 2. The Bertz CT molecular complexity index is 685. The molecule has 0 saturated carbocycles. The Hall–Kier alpha value is -1.39. The maximum atomic E-state index is 13.3. The van der Waals surface area contributed by atoms with Gasteiger partial charge in [0.2, 0.25) is 5.91 Å². The third-order valence-corrected chi connectivity index (χ3v) is 6.15. The van der Waals surface area contributed by atoms with Crippen LogP contribution < -0.4 is 0 Å². The summed E-state index contributed by atoms with van der Waals surface area (Å²) in [6.45, 7) is 6.20. The fraction of sp³-hybridized carbons (Fsp3) is 0.619. The minimum Gasteiger partial charge on any atom is -0.338 e. The van der Waals surface area contributed by atoms with E-state index in [1.807, 2.05) is 25.1 Å². The molecule has 2 saturated heterocycles.